The van der Waals surface area contributed by atoms with E-state index in [0.29, 0.717) is 12.3 Å². The fraction of sp³-hybridized carbons (Fsp3) is 0.455. The summed E-state index contributed by atoms with van der Waals surface area (Å²) >= 11 is 3.42. The number of phenols is 1. The summed E-state index contributed by atoms with van der Waals surface area (Å²) in [5.74, 6) is 0.422. The van der Waals surface area contributed by atoms with Crippen LogP contribution in [0.25, 0.3) is 0 Å². The van der Waals surface area contributed by atoms with Crippen molar-refractivity contribution in [3.8, 4) is 5.75 Å². The van der Waals surface area contributed by atoms with Crippen LogP contribution in [0.3, 0.4) is 0 Å². The molecule has 0 bridgehead atoms. The van der Waals surface area contributed by atoms with Gasteiger partial charge in [0.05, 0.1) is 0 Å². The van der Waals surface area contributed by atoms with E-state index in [9.17, 15) is 5.11 Å². The van der Waals surface area contributed by atoms with Crippen molar-refractivity contribution in [1.82, 2.24) is 0 Å². The first-order valence-electron chi connectivity index (χ1n) is 4.83. The second-order valence-corrected chi connectivity index (χ2v) is 4.39. The number of rotatable bonds is 4. The monoisotopic (exact) mass is 257 g/mol. The molecule has 1 aromatic rings. The highest BCUT2D eigenvalue weighted by Gasteiger charge is 2.05. The predicted octanol–water partition coefficient (Wildman–Crippen LogP) is 2.74. The average molecular weight is 258 g/mol. The minimum Gasteiger partial charge on any atom is -0.507 e. The number of aryl methyl sites for hydroxylation is 2. The van der Waals surface area contributed by atoms with Crippen molar-refractivity contribution in [1.29, 1.82) is 0 Å². The van der Waals surface area contributed by atoms with Gasteiger partial charge in [-0.25, -0.2) is 0 Å². The van der Waals surface area contributed by atoms with Gasteiger partial charge in [-0.3, -0.25) is 0 Å². The topological polar surface area (TPSA) is 46.2 Å². The summed E-state index contributed by atoms with van der Waals surface area (Å²) in [6.07, 6.45) is 2.92. The molecule has 0 heterocycles. The molecular weight excluding hydrogens is 242 g/mol. The summed E-state index contributed by atoms with van der Waals surface area (Å²) in [6, 6.07) is 3.89. The smallest absolute Gasteiger partial charge is 0.121 e. The third-order valence-corrected chi connectivity index (χ3v) is 2.70. The van der Waals surface area contributed by atoms with Gasteiger partial charge in [-0.05, 0) is 56.0 Å². The van der Waals surface area contributed by atoms with E-state index >= 15 is 0 Å². The van der Waals surface area contributed by atoms with Gasteiger partial charge in [0.25, 0.3) is 0 Å². The van der Waals surface area contributed by atoms with Gasteiger partial charge in [0.2, 0.25) is 0 Å². The fourth-order valence-electron chi connectivity index (χ4n) is 1.46. The molecule has 0 amide bonds. The first-order chi connectivity index (χ1) is 6.65. The van der Waals surface area contributed by atoms with Crippen LogP contribution < -0.4 is 5.73 Å². The normalized spacial score (nSPS) is 10.5. The van der Waals surface area contributed by atoms with Gasteiger partial charge in [-0.15, -0.1) is 0 Å². The maximum atomic E-state index is 9.77. The third kappa shape index (κ3) is 3.00. The van der Waals surface area contributed by atoms with E-state index in [2.05, 4.69) is 15.9 Å². The minimum absolute atomic E-state index is 0.422. The maximum absolute atomic E-state index is 9.77. The quantitative estimate of drug-likeness (QED) is 0.816. The molecule has 0 radical (unpaired) electrons. The number of benzene rings is 1. The molecule has 0 spiro atoms. The van der Waals surface area contributed by atoms with Crippen molar-refractivity contribution in [2.24, 2.45) is 5.73 Å². The summed E-state index contributed by atoms with van der Waals surface area (Å²) < 4.78 is 1.02. The van der Waals surface area contributed by atoms with E-state index in [1.54, 1.807) is 0 Å². The van der Waals surface area contributed by atoms with Crippen molar-refractivity contribution < 1.29 is 5.11 Å². The molecule has 0 aromatic heterocycles. The summed E-state index contributed by atoms with van der Waals surface area (Å²) in [4.78, 5) is 0. The number of nitrogens with two attached hydrogens (primary N) is 1. The Labute approximate surface area is 93.3 Å². The first kappa shape index (κ1) is 11.5. The molecule has 1 rings (SSSR count). The minimum atomic E-state index is 0.422. The van der Waals surface area contributed by atoms with Crippen LogP contribution in [0.4, 0.5) is 0 Å². The number of aromatic hydroxyl groups is 1. The van der Waals surface area contributed by atoms with Crippen molar-refractivity contribution in [2.45, 2.75) is 26.2 Å². The van der Waals surface area contributed by atoms with Gasteiger partial charge in [0, 0.05) is 4.47 Å². The molecule has 78 valence electrons. The SMILES string of the molecule is Cc1cc(Br)cc(CCCCN)c1O. The van der Waals surface area contributed by atoms with Crippen molar-refractivity contribution in [2.75, 3.05) is 6.54 Å². The zero-order valence-electron chi connectivity index (χ0n) is 8.39. The van der Waals surface area contributed by atoms with Gasteiger partial charge in [-0.1, -0.05) is 15.9 Å². The number of unbranched alkanes of at least 4 members (excludes halogenated alkanes) is 1. The molecule has 0 aliphatic rings. The Balaban J connectivity index is 2.75. The Morgan fingerprint density at radius 3 is 2.71 bits per heavy atom. The van der Waals surface area contributed by atoms with E-state index in [1.807, 2.05) is 19.1 Å². The van der Waals surface area contributed by atoms with Crippen LogP contribution in [0, 0.1) is 6.92 Å². The Hall–Kier alpha value is -0.540. The van der Waals surface area contributed by atoms with Crippen LogP contribution >= 0.6 is 15.9 Å². The molecule has 0 fully saturated rings. The Bertz CT molecular complexity index is 312. The molecule has 0 unspecified atom stereocenters. The molecule has 0 saturated carbocycles. The summed E-state index contributed by atoms with van der Waals surface area (Å²) in [6.45, 7) is 2.63. The van der Waals surface area contributed by atoms with Crippen molar-refractivity contribution in [3.63, 3.8) is 0 Å². The maximum Gasteiger partial charge on any atom is 0.121 e. The van der Waals surface area contributed by atoms with Crippen molar-refractivity contribution in [3.05, 3.63) is 27.7 Å². The average Bonchev–Trinajstić information content (AvgIpc) is 2.13. The Morgan fingerprint density at radius 2 is 2.07 bits per heavy atom. The Morgan fingerprint density at radius 1 is 1.36 bits per heavy atom. The highest BCUT2D eigenvalue weighted by Crippen LogP contribution is 2.27. The zero-order valence-corrected chi connectivity index (χ0v) is 9.97. The van der Waals surface area contributed by atoms with E-state index in [4.69, 9.17) is 5.73 Å². The van der Waals surface area contributed by atoms with Crippen LogP contribution in [0.5, 0.6) is 5.75 Å². The van der Waals surface area contributed by atoms with E-state index in [0.717, 1.165) is 34.9 Å². The summed E-state index contributed by atoms with van der Waals surface area (Å²) in [7, 11) is 0. The molecule has 0 atom stereocenters. The lowest BCUT2D eigenvalue weighted by Crippen LogP contribution is -1.99. The molecule has 0 saturated heterocycles. The summed E-state index contributed by atoms with van der Waals surface area (Å²) in [5.41, 5.74) is 7.34. The van der Waals surface area contributed by atoms with Gasteiger partial charge >= 0.3 is 0 Å². The molecule has 0 aliphatic carbocycles. The van der Waals surface area contributed by atoms with Crippen LogP contribution in [0.2, 0.25) is 0 Å². The van der Waals surface area contributed by atoms with Crippen LogP contribution in [0.15, 0.2) is 16.6 Å². The number of phenolic OH excluding ortho intramolecular Hbond substituents is 1. The van der Waals surface area contributed by atoms with E-state index in [-0.39, 0.29) is 0 Å². The molecule has 14 heavy (non-hydrogen) atoms. The van der Waals surface area contributed by atoms with Crippen LogP contribution in [0.1, 0.15) is 24.0 Å². The van der Waals surface area contributed by atoms with Gasteiger partial charge in [0.15, 0.2) is 0 Å². The standard InChI is InChI=1S/C11H16BrNO/c1-8-6-10(12)7-9(11(8)14)4-2-3-5-13/h6-7,14H,2-5,13H2,1H3. The van der Waals surface area contributed by atoms with Gasteiger partial charge in [-0.2, -0.15) is 0 Å². The molecule has 2 nitrogen and oxygen atoms in total. The van der Waals surface area contributed by atoms with E-state index < -0.39 is 0 Å². The lowest BCUT2D eigenvalue weighted by atomic mass is 10.0. The first-order valence-corrected chi connectivity index (χ1v) is 5.62. The summed E-state index contributed by atoms with van der Waals surface area (Å²) in [5, 5.41) is 9.77. The Kier molecular flexibility index (Phi) is 4.42. The lowest BCUT2D eigenvalue weighted by molar-refractivity contribution is 0.462. The fourth-order valence-corrected chi connectivity index (χ4v) is 2.07. The molecule has 0 aliphatic heterocycles. The van der Waals surface area contributed by atoms with E-state index in [1.165, 1.54) is 0 Å². The molecule has 1 aromatic carbocycles. The molecular formula is C11H16BrNO. The number of hydrogen-bond donors (Lipinski definition) is 2. The lowest BCUT2D eigenvalue weighted by Gasteiger charge is -2.07. The predicted molar refractivity (Wildman–Crippen MR) is 62.5 cm³/mol. The van der Waals surface area contributed by atoms with Crippen LogP contribution in [-0.2, 0) is 6.42 Å². The molecule has 3 N–H and O–H groups in total. The number of hydrogen-bond acceptors (Lipinski definition) is 2. The van der Waals surface area contributed by atoms with Gasteiger partial charge in [0.1, 0.15) is 5.75 Å². The van der Waals surface area contributed by atoms with Gasteiger partial charge < -0.3 is 10.8 Å². The second kappa shape index (κ2) is 5.37. The highest BCUT2D eigenvalue weighted by atomic mass is 79.9. The molecule has 3 heteroatoms. The van der Waals surface area contributed by atoms with Crippen LogP contribution in [-0.4, -0.2) is 11.7 Å². The van der Waals surface area contributed by atoms with Crippen molar-refractivity contribution >= 4 is 15.9 Å². The number of halogens is 1. The second-order valence-electron chi connectivity index (χ2n) is 3.48. The largest absolute Gasteiger partial charge is 0.507 e. The third-order valence-electron chi connectivity index (χ3n) is 2.24. The zero-order chi connectivity index (χ0) is 10.6. The highest BCUT2D eigenvalue weighted by molar-refractivity contribution is 9.10.